The zero-order chi connectivity index (χ0) is 15.1. The molecule has 1 aliphatic heterocycles. The molecule has 2 unspecified atom stereocenters. The quantitative estimate of drug-likeness (QED) is 0.548. The van der Waals surface area contributed by atoms with E-state index in [9.17, 15) is 4.39 Å². The number of ether oxygens (including phenoxy) is 2. The summed E-state index contributed by atoms with van der Waals surface area (Å²) in [6, 6.07) is 0. The Morgan fingerprint density at radius 2 is 2.30 bits per heavy atom. The molecule has 1 aliphatic rings. The average molecular weight is 283 g/mol. The van der Waals surface area contributed by atoms with Gasteiger partial charge in [-0.2, -0.15) is 0 Å². The van der Waals surface area contributed by atoms with Gasteiger partial charge in [0, 0.05) is 24.6 Å². The Kier molecular flexibility index (Phi) is 6.27. The van der Waals surface area contributed by atoms with Crippen LogP contribution in [-0.4, -0.2) is 30.9 Å². The lowest BCUT2D eigenvalue weighted by molar-refractivity contribution is -0.0457. The van der Waals surface area contributed by atoms with E-state index >= 15 is 0 Å². The van der Waals surface area contributed by atoms with E-state index in [-0.39, 0.29) is 25.2 Å². The van der Waals surface area contributed by atoms with Crippen LogP contribution in [0.15, 0.2) is 49.3 Å². The van der Waals surface area contributed by atoms with E-state index in [1.54, 1.807) is 12.2 Å². The molecule has 1 rings (SSSR count). The third-order valence-electron chi connectivity index (χ3n) is 2.83. The monoisotopic (exact) mass is 283 g/mol. The van der Waals surface area contributed by atoms with Gasteiger partial charge in [-0.1, -0.05) is 19.2 Å². The van der Waals surface area contributed by atoms with Crippen molar-refractivity contribution < 1.29 is 13.9 Å². The Hall–Kier alpha value is -1.79. The molecule has 20 heavy (non-hydrogen) atoms. The van der Waals surface area contributed by atoms with Crippen LogP contribution in [0, 0.1) is 5.92 Å². The van der Waals surface area contributed by atoms with E-state index in [4.69, 9.17) is 21.1 Å². The number of rotatable bonds is 7. The lowest BCUT2D eigenvalue weighted by atomic mass is 10.1. The molecule has 0 bridgehead atoms. The second kappa shape index (κ2) is 7.72. The fraction of sp³-hybridized carbons (Fsp3) is 0.429. The van der Waals surface area contributed by atoms with Crippen molar-refractivity contribution in [2.75, 3.05) is 19.8 Å². The van der Waals surface area contributed by atoms with E-state index < -0.39 is 5.83 Å². The smallest absolute Gasteiger partial charge is 0.200 e. The first-order chi connectivity index (χ1) is 9.43. The first-order valence-electron chi connectivity index (χ1n) is 6.32. The lowest BCUT2D eigenvalue weighted by Crippen LogP contribution is -2.42. The summed E-state index contributed by atoms with van der Waals surface area (Å²) in [6.07, 6.45) is 3.90. The van der Waals surface area contributed by atoms with E-state index in [2.05, 4.69) is 19.7 Å². The Balaban J connectivity index is 2.61. The third kappa shape index (κ3) is 5.07. The van der Waals surface area contributed by atoms with Gasteiger partial charge in [0.05, 0.1) is 13.2 Å². The minimum absolute atomic E-state index is 0.125. The fourth-order valence-electron chi connectivity index (χ4n) is 1.72. The van der Waals surface area contributed by atoms with Crippen LogP contribution < -0.4 is 11.6 Å². The van der Waals surface area contributed by atoms with Gasteiger partial charge in [-0.3, -0.25) is 5.01 Å². The second-order valence-corrected chi connectivity index (χ2v) is 4.60. The summed E-state index contributed by atoms with van der Waals surface area (Å²) in [7, 11) is 0. The number of nitrogens with zero attached hydrogens (tertiary/aromatic N) is 1. The largest absolute Gasteiger partial charge is 0.473 e. The highest BCUT2D eigenvalue weighted by Crippen LogP contribution is 2.20. The van der Waals surface area contributed by atoms with Gasteiger partial charge in [-0.15, -0.1) is 6.58 Å². The lowest BCUT2D eigenvalue weighted by Gasteiger charge is -2.33. The number of hydrogen-bond acceptors (Lipinski definition) is 5. The number of hydrogen-bond donors (Lipinski definition) is 2. The summed E-state index contributed by atoms with van der Waals surface area (Å²) in [6.45, 7) is 11.2. The van der Waals surface area contributed by atoms with Crippen molar-refractivity contribution in [3.63, 3.8) is 0 Å². The molecule has 0 saturated carbocycles. The summed E-state index contributed by atoms with van der Waals surface area (Å²) in [5, 5.41) is 1.49. The molecule has 1 fully saturated rings. The van der Waals surface area contributed by atoms with Gasteiger partial charge in [-0.25, -0.2) is 10.2 Å². The van der Waals surface area contributed by atoms with Crippen molar-refractivity contribution >= 4 is 0 Å². The zero-order valence-corrected chi connectivity index (χ0v) is 11.6. The van der Waals surface area contributed by atoms with Crippen LogP contribution in [0.2, 0.25) is 0 Å². The molecule has 2 atom stereocenters. The highest BCUT2D eigenvalue weighted by atomic mass is 19.1. The van der Waals surface area contributed by atoms with E-state index in [1.165, 1.54) is 5.01 Å². The van der Waals surface area contributed by atoms with Crippen molar-refractivity contribution in [1.29, 1.82) is 0 Å². The van der Waals surface area contributed by atoms with Crippen molar-refractivity contribution in [2.24, 2.45) is 17.5 Å². The summed E-state index contributed by atoms with van der Waals surface area (Å²) in [5.41, 5.74) is 6.11. The number of hydrazine groups is 1. The maximum absolute atomic E-state index is 12.5. The molecule has 0 spiro atoms. The van der Waals surface area contributed by atoms with Crippen LogP contribution in [0.25, 0.3) is 0 Å². The van der Waals surface area contributed by atoms with Crippen LogP contribution in [-0.2, 0) is 9.47 Å². The van der Waals surface area contributed by atoms with Gasteiger partial charge in [0.25, 0.3) is 0 Å². The Labute approximate surface area is 119 Å². The van der Waals surface area contributed by atoms with Crippen LogP contribution in [0.4, 0.5) is 4.39 Å². The average Bonchev–Trinajstić information content (AvgIpc) is 2.38. The molecule has 4 N–H and O–H groups in total. The summed E-state index contributed by atoms with van der Waals surface area (Å²) in [5.74, 6) is 5.60. The van der Waals surface area contributed by atoms with Crippen LogP contribution >= 0.6 is 0 Å². The number of nitrogens with two attached hydrogens (primary N) is 2. The molecule has 5 nitrogen and oxygen atoms in total. The van der Waals surface area contributed by atoms with E-state index in [0.717, 1.165) is 0 Å². The molecule has 0 amide bonds. The molecule has 1 heterocycles. The summed E-state index contributed by atoms with van der Waals surface area (Å²) < 4.78 is 23.3. The van der Waals surface area contributed by atoms with Gasteiger partial charge < -0.3 is 15.2 Å². The number of allylic oxidation sites excluding steroid dienone is 1. The summed E-state index contributed by atoms with van der Waals surface area (Å²) in [4.78, 5) is 0. The number of halogens is 1. The molecule has 0 aliphatic carbocycles. The van der Waals surface area contributed by atoms with E-state index in [1.807, 2.05) is 0 Å². The zero-order valence-electron chi connectivity index (χ0n) is 11.6. The molecular weight excluding hydrogens is 261 g/mol. The first kappa shape index (κ1) is 16.3. The maximum Gasteiger partial charge on any atom is 0.200 e. The van der Waals surface area contributed by atoms with Crippen molar-refractivity contribution in [3.8, 4) is 0 Å². The maximum atomic E-state index is 12.5. The van der Waals surface area contributed by atoms with Crippen LogP contribution in [0.5, 0.6) is 0 Å². The minimum atomic E-state index is -0.511. The van der Waals surface area contributed by atoms with Gasteiger partial charge in [0.1, 0.15) is 11.9 Å². The predicted octanol–water partition coefficient (Wildman–Crippen LogP) is 1.57. The second-order valence-electron chi connectivity index (χ2n) is 4.60. The molecule has 1 saturated heterocycles. The molecule has 6 heteroatoms. The SMILES string of the molecule is C=CC(/C=C1/OC(COCC(=C)F)CCN1N)C(=C)N. The minimum Gasteiger partial charge on any atom is -0.473 e. The molecular formula is C14H22FN3O2. The molecule has 0 aromatic carbocycles. The van der Waals surface area contributed by atoms with Gasteiger partial charge in [-0.05, 0) is 6.08 Å². The van der Waals surface area contributed by atoms with Gasteiger partial charge >= 0.3 is 0 Å². The predicted molar refractivity (Wildman–Crippen MR) is 76.5 cm³/mol. The highest BCUT2D eigenvalue weighted by molar-refractivity contribution is 5.15. The topological polar surface area (TPSA) is 73.7 Å². The Bertz CT molecular complexity index is 409. The fourth-order valence-corrected chi connectivity index (χ4v) is 1.72. The molecule has 0 aromatic rings. The standard InChI is InChI=1S/C14H22FN3O2/c1-4-12(11(3)16)7-14-18(17)6-5-13(20-14)9-19-8-10(2)15/h4,7,12-13H,1-3,5-6,8-9,16-17H2/b14-7+. The Morgan fingerprint density at radius 1 is 1.60 bits per heavy atom. The van der Waals surface area contributed by atoms with Gasteiger partial charge in [0.2, 0.25) is 5.88 Å². The third-order valence-corrected chi connectivity index (χ3v) is 2.83. The van der Waals surface area contributed by atoms with Crippen LogP contribution in [0.1, 0.15) is 6.42 Å². The highest BCUT2D eigenvalue weighted by Gasteiger charge is 2.23. The van der Waals surface area contributed by atoms with Crippen molar-refractivity contribution in [2.45, 2.75) is 12.5 Å². The van der Waals surface area contributed by atoms with Crippen molar-refractivity contribution in [3.05, 3.63) is 49.3 Å². The van der Waals surface area contributed by atoms with Crippen molar-refractivity contribution in [1.82, 2.24) is 5.01 Å². The summed E-state index contributed by atoms with van der Waals surface area (Å²) >= 11 is 0. The molecule has 0 radical (unpaired) electrons. The van der Waals surface area contributed by atoms with E-state index in [0.29, 0.717) is 24.5 Å². The Morgan fingerprint density at radius 3 is 2.85 bits per heavy atom. The molecule has 0 aromatic heterocycles. The normalized spacial score (nSPS) is 22.2. The van der Waals surface area contributed by atoms with Crippen LogP contribution in [0.3, 0.4) is 0 Å². The molecule has 112 valence electrons. The first-order valence-corrected chi connectivity index (χ1v) is 6.32. The van der Waals surface area contributed by atoms with Gasteiger partial charge in [0.15, 0.2) is 0 Å².